The lowest BCUT2D eigenvalue weighted by atomic mass is 10.1. The van der Waals surface area contributed by atoms with Gasteiger partial charge in [-0.2, -0.15) is 0 Å². The zero-order chi connectivity index (χ0) is 13.8. The van der Waals surface area contributed by atoms with Crippen molar-refractivity contribution >= 4 is 5.84 Å². The van der Waals surface area contributed by atoms with Crippen LogP contribution >= 0.6 is 0 Å². The van der Waals surface area contributed by atoms with E-state index in [0.29, 0.717) is 0 Å². The maximum atomic E-state index is 5.90. The largest absolute Gasteiger partial charge is 0.483 e. The summed E-state index contributed by atoms with van der Waals surface area (Å²) in [5.41, 5.74) is 2.41. The summed E-state index contributed by atoms with van der Waals surface area (Å²) in [7, 11) is 0. The van der Waals surface area contributed by atoms with Crippen LogP contribution in [0.4, 0.5) is 0 Å². The zero-order valence-electron chi connectivity index (χ0n) is 11.5. The van der Waals surface area contributed by atoms with E-state index in [1.165, 1.54) is 11.1 Å². The predicted molar refractivity (Wildman–Crippen MR) is 82.3 cm³/mol. The lowest BCUT2D eigenvalue weighted by Crippen LogP contribution is -2.33. The molecule has 1 N–H and O–H groups in total. The van der Waals surface area contributed by atoms with E-state index in [0.717, 1.165) is 24.7 Å². The number of hydrogen-bond donors (Lipinski definition) is 1. The molecule has 0 radical (unpaired) electrons. The molecule has 3 heteroatoms. The summed E-state index contributed by atoms with van der Waals surface area (Å²) >= 11 is 0. The summed E-state index contributed by atoms with van der Waals surface area (Å²) in [6, 6.07) is 18.5. The Morgan fingerprint density at radius 1 is 1.00 bits per heavy atom. The quantitative estimate of drug-likeness (QED) is 0.922. The van der Waals surface area contributed by atoms with E-state index in [1.807, 2.05) is 37.3 Å². The number of nitrogens with one attached hydrogen (secondary N) is 1. The Bertz CT molecular complexity index is 590. The number of hydrogen-bond acceptors (Lipinski definition) is 3. The van der Waals surface area contributed by atoms with Gasteiger partial charge < -0.3 is 10.1 Å². The van der Waals surface area contributed by atoms with Crippen LogP contribution in [0.1, 0.15) is 6.92 Å². The molecule has 2 aromatic carbocycles. The Hall–Kier alpha value is -2.29. The van der Waals surface area contributed by atoms with Gasteiger partial charge in [0.1, 0.15) is 11.6 Å². The van der Waals surface area contributed by atoms with Gasteiger partial charge >= 0.3 is 0 Å². The minimum atomic E-state index is -0.0277. The van der Waals surface area contributed by atoms with Crippen LogP contribution in [-0.4, -0.2) is 25.0 Å². The lowest BCUT2D eigenvalue weighted by molar-refractivity contribution is 0.284. The molecule has 1 unspecified atom stereocenters. The van der Waals surface area contributed by atoms with Crippen LogP contribution in [0.25, 0.3) is 11.1 Å². The number of nitrogens with zero attached hydrogens (tertiary/aromatic N) is 1. The van der Waals surface area contributed by atoms with Crippen LogP contribution < -0.4 is 10.1 Å². The first-order valence-electron chi connectivity index (χ1n) is 6.93. The van der Waals surface area contributed by atoms with Gasteiger partial charge in [0, 0.05) is 6.54 Å². The normalized spacial score (nSPS) is 15.3. The van der Waals surface area contributed by atoms with E-state index in [4.69, 9.17) is 4.74 Å². The number of amidine groups is 1. The van der Waals surface area contributed by atoms with Crippen molar-refractivity contribution < 1.29 is 4.74 Å². The lowest BCUT2D eigenvalue weighted by Gasteiger charge is -2.15. The van der Waals surface area contributed by atoms with Gasteiger partial charge in [-0.25, -0.2) is 0 Å². The van der Waals surface area contributed by atoms with Gasteiger partial charge in [-0.15, -0.1) is 0 Å². The highest BCUT2D eigenvalue weighted by Gasteiger charge is 2.15. The SMILES string of the molecule is CC(Oc1ccc(-c2ccccc2)cc1)C1=NCCN1. The van der Waals surface area contributed by atoms with E-state index >= 15 is 0 Å². The highest BCUT2D eigenvalue weighted by molar-refractivity contribution is 5.87. The predicted octanol–water partition coefficient (Wildman–Crippen LogP) is 3.12. The first kappa shape index (κ1) is 12.7. The number of rotatable bonds is 4. The van der Waals surface area contributed by atoms with E-state index in [9.17, 15) is 0 Å². The van der Waals surface area contributed by atoms with Crippen molar-refractivity contribution in [2.24, 2.45) is 4.99 Å². The Labute approximate surface area is 119 Å². The molecule has 0 fully saturated rings. The summed E-state index contributed by atoms with van der Waals surface area (Å²) < 4.78 is 5.90. The Morgan fingerprint density at radius 3 is 2.35 bits per heavy atom. The van der Waals surface area contributed by atoms with Gasteiger partial charge in [0.25, 0.3) is 0 Å². The van der Waals surface area contributed by atoms with Crippen molar-refractivity contribution in [1.29, 1.82) is 0 Å². The molecule has 2 aromatic rings. The van der Waals surface area contributed by atoms with E-state index in [1.54, 1.807) is 0 Å². The number of aliphatic imine (C=N–C) groups is 1. The Morgan fingerprint density at radius 2 is 1.70 bits per heavy atom. The third kappa shape index (κ3) is 2.82. The summed E-state index contributed by atoms with van der Waals surface area (Å²) in [4.78, 5) is 4.38. The molecular weight excluding hydrogens is 248 g/mol. The third-order valence-electron chi connectivity index (χ3n) is 3.36. The van der Waals surface area contributed by atoms with Crippen LogP contribution in [0, 0.1) is 0 Å². The van der Waals surface area contributed by atoms with E-state index < -0.39 is 0 Å². The van der Waals surface area contributed by atoms with Crippen LogP contribution in [0.5, 0.6) is 5.75 Å². The van der Waals surface area contributed by atoms with Crippen molar-refractivity contribution in [3.63, 3.8) is 0 Å². The molecular formula is C17H18N2O. The van der Waals surface area contributed by atoms with Crippen molar-refractivity contribution in [2.45, 2.75) is 13.0 Å². The zero-order valence-corrected chi connectivity index (χ0v) is 11.5. The minimum absolute atomic E-state index is 0.0277. The monoisotopic (exact) mass is 266 g/mol. The molecule has 20 heavy (non-hydrogen) atoms. The fourth-order valence-corrected chi connectivity index (χ4v) is 2.31. The Balaban J connectivity index is 1.70. The van der Waals surface area contributed by atoms with Crippen molar-refractivity contribution in [2.75, 3.05) is 13.1 Å². The number of benzene rings is 2. The summed E-state index contributed by atoms with van der Waals surface area (Å²) in [6.45, 7) is 3.77. The molecule has 0 saturated heterocycles. The van der Waals surface area contributed by atoms with Crippen LogP contribution in [0.2, 0.25) is 0 Å². The second-order valence-corrected chi connectivity index (χ2v) is 4.84. The highest BCUT2D eigenvalue weighted by Crippen LogP contribution is 2.22. The Kier molecular flexibility index (Phi) is 3.68. The topological polar surface area (TPSA) is 33.6 Å². The molecule has 3 rings (SSSR count). The van der Waals surface area contributed by atoms with E-state index in [-0.39, 0.29) is 6.10 Å². The molecule has 1 atom stereocenters. The standard InChI is InChI=1S/C17H18N2O/c1-13(17-18-11-12-19-17)20-16-9-7-15(8-10-16)14-5-3-2-4-6-14/h2-10,13H,11-12H2,1H3,(H,18,19). The second-order valence-electron chi connectivity index (χ2n) is 4.84. The molecule has 1 aliphatic heterocycles. The maximum absolute atomic E-state index is 5.90. The fraction of sp³-hybridized carbons (Fsp3) is 0.235. The minimum Gasteiger partial charge on any atom is -0.483 e. The average Bonchev–Trinajstić information content (AvgIpc) is 3.03. The van der Waals surface area contributed by atoms with Crippen molar-refractivity contribution in [1.82, 2.24) is 5.32 Å². The van der Waals surface area contributed by atoms with Crippen LogP contribution in [0.3, 0.4) is 0 Å². The van der Waals surface area contributed by atoms with E-state index in [2.05, 4.69) is 34.6 Å². The molecule has 102 valence electrons. The highest BCUT2D eigenvalue weighted by atomic mass is 16.5. The average molecular weight is 266 g/mol. The van der Waals surface area contributed by atoms with Gasteiger partial charge in [-0.1, -0.05) is 42.5 Å². The number of ether oxygens (including phenoxy) is 1. The van der Waals surface area contributed by atoms with Gasteiger partial charge in [-0.05, 0) is 30.2 Å². The molecule has 0 saturated carbocycles. The summed E-state index contributed by atoms with van der Waals surface area (Å²) in [5.74, 6) is 1.81. The molecule has 1 heterocycles. The van der Waals surface area contributed by atoms with Gasteiger partial charge in [-0.3, -0.25) is 4.99 Å². The first-order valence-corrected chi connectivity index (χ1v) is 6.93. The maximum Gasteiger partial charge on any atom is 0.152 e. The van der Waals surface area contributed by atoms with Gasteiger partial charge in [0.15, 0.2) is 6.10 Å². The molecule has 0 aliphatic carbocycles. The smallest absolute Gasteiger partial charge is 0.152 e. The summed E-state index contributed by atoms with van der Waals surface area (Å²) in [5, 5.41) is 3.24. The van der Waals surface area contributed by atoms with Crippen LogP contribution in [0.15, 0.2) is 59.6 Å². The van der Waals surface area contributed by atoms with Gasteiger partial charge in [0.2, 0.25) is 0 Å². The van der Waals surface area contributed by atoms with Gasteiger partial charge in [0.05, 0.1) is 6.54 Å². The summed E-state index contributed by atoms with van der Waals surface area (Å²) in [6.07, 6.45) is -0.0277. The fourth-order valence-electron chi connectivity index (χ4n) is 2.31. The third-order valence-corrected chi connectivity index (χ3v) is 3.36. The molecule has 0 spiro atoms. The molecule has 0 amide bonds. The molecule has 0 aromatic heterocycles. The van der Waals surface area contributed by atoms with Crippen molar-refractivity contribution in [3.8, 4) is 16.9 Å². The molecule has 0 bridgehead atoms. The second kappa shape index (κ2) is 5.78. The van der Waals surface area contributed by atoms with Crippen LogP contribution in [-0.2, 0) is 0 Å². The first-order chi connectivity index (χ1) is 9.83. The molecule has 1 aliphatic rings. The molecule has 3 nitrogen and oxygen atoms in total. The van der Waals surface area contributed by atoms with Crippen molar-refractivity contribution in [3.05, 3.63) is 54.6 Å².